The molecular formula is C19H21N3O4. The van der Waals surface area contributed by atoms with Gasteiger partial charge >= 0.3 is 6.09 Å². The molecule has 2 fully saturated rings. The van der Waals surface area contributed by atoms with E-state index >= 15 is 0 Å². The van der Waals surface area contributed by atoms with E-state index in [0.717, 1.165) is 31.2 Å². The van der Waals surface area contributed by atoms with Crippen LogP contribution >= 0.6 is 0 Å². The summed E-state index contributed by atoms with van der Waals surface area (Å²) in [5.41, 5.74) is 0.763. The quantitative estimate of drug-likeness (QED) is 0.894. The molecule has 0 bridgehead atoms. The van der Waals surface area contributed by atoms with Crippen molar-refractivity contribution in [2.75, 3.05) is 26.2 Å². The number of nitrogens with zero attached hydrogens (tertiary/aromatic N) is 3. The molecule has 2 saturated heterocycles. The lowest BCUT2D eigenvalue weighted by molar-refractivity contribution is 0.0355. The third-order valence-corrected chi connectivity index (χ3v) is 5.11. The lowest BCUT2D eigenvalue weighted by Gasteiger charge is -2.39. The van der Waals surface area contributed by atoms with Crippen molar-refractivity contribution in [2.45, 2.75) is 25.3 Å². The number of fused-ring (bicyclic) bond motifs is 1. The highest BCUT2D eigenvalue weighted by atomic mass is 16.6. The van der Waals surface area contributed by atoms with Gasteiger partial charge in [0.2, 0.25) is 0 Å². The van der Waals surface area contributed by atoms with Gasteiger partial charge in [0, 0.05) is 31.1 Å². The molecular weight excluding hydrogens is 334 g/mol. The maximum absolute atomic E-state index is 12.8. The van der Waals surface area contributed by atoms with Gasteiger partial charge in [0.05, 0.1) is 6.61 Å². The SMILES string of the molecule is O=C(c1ccc2cccc(O)c2n1)N1CCC(N2CCCOC2=O)CC1. The largest absolute Gasteiger partial charge is 0.506 e. The van der Waals surface area contributed by atoms with Crippen LogP contribution in [-0.4, -0.2) is 64.2 Å². The van der Waals surface area contributed by atoms with Crippen LogP contribution < -0.4 is 0 Å². The summed E-state index contributed by atoms with van der Waals surface area (Å²) in [6, 6.07) is 8.77. The Hall–Kier alpha value is -2.83. The van der Waals surface area contributed by atoms with Crippen LogP contribution in [0.15, 0.2) is 30.3 Å². The number of rotatable bonds is 2. The molecule has 26 heavy (non-hydrogen) atoms. The molecule has 2 amide bonds. The van der Waals surface area contributed by atoms with Gasteiger partial charge in [-0.05, 0) is 31.4 Å². The van der Waals surface area contributed by atoms with Crippen molar-refractivity contribution in [3.63, 3.8) is 0 Å². The summed E-state index contributed by atoms with van der Waals surface area (Å²) in [4.78, 5) is 32.6. The fourth-order valence-electron chi connectivity index (χ4n) is 3.69. The number of aromatic nitrogens is 1. The van der Waals surface area contributed by atoms with Crippen LogP contribution in [0.3, 0.4) is 0 Å². The molecule has 0 atom stereocenters. The molecule has 1 N–H and O–H groups in total. The summed E-state index contributed by atoms with van der Waals surface area (Å²) in [6.07, 6.45) is 2.09. The maximum atomic E-state index is 12.8. The lowest BCUT2D eigenvalue weighted by Crippen LogP contribution is -2.51. The van der Waals surface area contributed by atoms with Crippen molar-refractivity contribution >= 4 is 22.9 Å². The van der Waals surface area contributed by atoms with E-state index in [2.05, 4.69) is 4.98 Å². The fraction of sp³-hybridized carbons (Fsp3) is 0.421. The van der Waals surface area contributed by atoms with Crippen molar-refractivity contribution < 1.29 is 19.4 Å². The van der Waals surface area contributed by atoms with E-state index in [1.54, 1.807) is 34.1 Å². The molecule has 136 valence electrons. The second-order valence-corrected chi connectivity index (χ2v) is 6.73. The number of phenolic OH excluding ortho intramolecular Hbond substituents is 1. The molecule has 2 aliphatic rings. The number of carbonyl (C=O) groups is 2. The Kier molecular flexibility index (Phi) is 4.36. The van der Waals surface area contributed by atoms with E-state index in [0.29, 0.717) is 30.9 Å². The van der Waals surface area contributed by atoms with Crippen LogP contribution in [0.4, 0.5) is 4.79 Å². The number of para-hydroxylation sites is 1. The first-order valence-corrected chi connectivity index (χ1v) is 8.95. The average molecular weight is 355 g/mol. The second kappa shape index (κ2) is 6.82. The molecule has 4 rings (SSSR count). The summed E-state index contributed by atoms with van der Waals surface area (Å²) in [5.74, 6) is -0.0747. The average Bonchev–Trinajstić information content (AvgIpc) is 2.68. The van der Waals surface area contributed by atoms with E-state index in [-0.39, 0.29) is 23.8 Å². The topological polar surface area (TPSA) is 83.0 Å². The van der Waals surface area contributed by atoms with E-state index in [1.807, 2.05) is 6.07 Å². The highest BCUT2D eigenvalue weighted by molar-refractivity contribution is 5.96. The molecule has 2 aliphatic heterocycles. The third-order valence-electron chi connectivity index (χ3n) is 5.11. The number of hydrogen-bond donors (Lipinski definition) is 1. The molecule has 0 unspecified atom stereocenters. The number of pyridine rings is 1. The minimum atomic E-state index is -0.243. The molecule has 2 aromatic rings. The van der Waals surface area contributed by atoms with Crippen LogP contribution in [0.2, 0.25) is 0 Å². The Labute approximate surface area is 151 Å². The molecule has 7 nitrogen and oxygen atoms in total. The Morgan fingerprint density at radius 2 is 1.96 bits per heavy atom. The molecule has 3 heterocycles. The number of carbonyl (C=O) groups excluding carboxylic acids is 2. The van der Waals surface area contributed by atoms with E-state index in [1.165, 1.54) is 0 Å². The van der Waals surface area contributed by atoms with Gasteiger partial charge in [-0.25, -0.2) is 9.78 Å². The van der Waals surface area contributed by atoms with Crippen LogP contribution in [0.1, 0.15) is 29.8 Å². The van der Waals surface area contributed by atoms with Gasteiger partial charge < -0.3 is 19.6 Å². The highest BCUT2D eigenvalue weighted by Gasteiger charge is 2.32. The van der Waals surface area contributed by atoms with Gasteiger partial charge in [0.1, 0.15) is 17.0 Å². The Bertz CT molecular complexity index is 846. The van der Waals surface area contributed by atoms with Crippen molar-refractivity contribution in [1.82, 2.24) is 14.8 Å². The number of ether oxygens (including phenoxy) is 1. The van der Waals surface area contributed by atoms with Crippen molar-refractivity contribution in [1.29, 1.82) is 0 Å². The summed E-state index contributed by atoms with van der Waals surface area (Å²) >= 11 is 0. The summed E-state index contributed by atoms with van der Waals surface area (Å²) in [7, 11) is 0. The van der Waals surface area contributed by atoms with Crippen LogP contribution in [0, 0.1) is 0 Å². The number of aromatic hydroxyl groups is 1. The smallest absolute Gasteiger partial charge is 0.410 e. The predicted octanol–water partition coefficient (Wildman–Crippen LogP) is 2.39. The number of benzene rings is 1. The minimum absolute atomic E-state index is 0.0690. The monoisotopic (exact) mass is 355 g/mol. The van der Waals surface area contributed by atoms with Gasteiger partial charge in [0.15, 0.2) is 0 Å². The highest BCUT2D eigenvalue weighted by Crippen LogP contribution is 2.24. The Morgan fingerprint density at radius 1 is 1.15 bits per heavy atom. The van der Waals surface area contributed by atoms with Crippen LogP contribution in [0.5, 0.6) is 5.75 Å². The number of cyclic esters (lactones) is 1. The lowest BCUT2D eigenvalue weighted by atomic mass is 10.0. The molecule has 0 aliphatic carbocycles. The number of hydrogen-bond acceptors (Lipinski definition) is 5. The first-order valence-electron chi connectivity index (χ1n) is 8.95. The molecule has 0 saturated carbocycles. The number of phenols is 1. The molecule has 1 aromatic heterocycles. The number of likely N-dealkylation sites (tertiary alicyclic amines) is 1. The van der Waals surface area contributed by atoms with Gasteiger partial charge in [-0.15, -0.1) is 0 Å². The van der Waals surface area contributed by atoms with Gasteiger partial charge in [-0.3, -0.25) is 4.79 Å². The second-order valence-electron chi connectivity index (χ2n) is 6.73. The van der Waals surface area contributed by atoms with Gasteiger partial charge in [-0.2, -0.15) is 0 Å². The van der Waals surface area contributed by atoms with Crippen LogP contribution in [0.25, 0.3) is 10.9 Å². The zero-order valence-electron chi connectivity index (χ0n) is 14.4. The summed E-state index contributed by atoms with van der Waals surface area (Å²) in [5, 5.41) is 10.8. The van der Waals surface area contributed by atoms with Crippen molar-refractivity contribution in [3.05, 3.63) is 36.0 Å². The molecule has 1 aromatic carbocycles. The van der Waals surface area contributed by atoms with Crippen LogP contribution in [-0.2, 0) is 4.74 Å². The zero-order chi connectivity index (χ0) is 18.1. The normalized spacial score (nSPS) is 18.8. The summed E-state index contributed by atoms with van der Waals surface area (Å²) < 4.78 is 5.11. The van der Waals surface area contributed by atoms with E-state index in [4.69, 9.17) is 4.74 Å². The predicted molar refractivity (Wildman–Crippen MR) is 95.0 cm³/mol. The Morgan fingerprint density at radius 3 is 2.73 bits per heavy atom. The third kappa shape index (κ3) is 3.05. The number of amides is 2. The van der Waals surface area contributed by atoms with E-state index in [9.17, 15) is 14.7 Å². The van der Waals surface area contributed by atoms with Crippen molar-refractivity contribution in [3.8, 4) is 5.75 Å². The standard InChI is InChI=1S/C19H21N3O4/c23-16-4-1-3-13-5-6-15(20-17(13)16)18(24)21-10-7-14(8-11-21)22-9-2-12-26-19(22)25/h1,3-6,14,23H,2,7-12H2. The Balaban J connectivity index is 1.45. The first-order chi connectivity index (χ1) is 12.6. The minimum Gasteiger partial charge on any atom is -0.506 e. The fourth-order valence-corrected chi connectivity index (χ4v) is 3.69. The molecule has 7 heteroatoms. The molecule has 0 spiro atoms. The maximum Gasteiger partial charge on any atom is 0.410 e. The first kappa shape index (κ1) is 16.6. The van der Waals surface area contributed by atoms with Gasteiger partial charge in [0.25, 0.3) is 5.91 Å². The number of piperidine rings is 1. The molecule has 0 radical (unpaired) electrons. The van der Waals surface area contributed by atoms with E-state index < -0.39 is 0 Å². The zero-order valence-corrected chi connectivity index (χ0v) is 14.4. The summed E-state index contributed by atoms with van der Waals surface area (Å²) in [6.45, 7) is 2.37. The van der Waals surface area contributed by atoms with Crippen molar-refractivity contribution in [2.24, 2.45) is 0 Å². The van der Waals surface area contributed by atoms with Gasteiger partial charge in [-0.1, -0.05) is 18.2 Å².